The van der Waals surface area contributed by atoms with Gasteiger partial charge in [-0.3, -0.25) is 4.79 Å². The highest BCUT2D eigenvalue weighted by Gasteiger charge is 2.39. The molecule has 0 spiro atoms. The molecule has 0 bridgehead atoms. The van der Waals surface area contributed by atoms with Crippen LogP contribution in [0.2, 0.25) is 0 Å². The maximum Gasteiger partial charge on any atom is 0.143 e. The molecule has 0 radical (unpaired) electrons. The second kappa shape index (κ2) is 4.91. The summed E-state index contributed by atoms with van der Waals surface area (Å²) in [5.41, 5.74) is -0.816. The molecule has 0 aromatic heterocycles. The second-order valence-corrected chi connectivity index (χ2v) is 7.68. The molecule has 0 aliphatic carbocycles. The fourth-order valence-electron chi connectivity index (χ4n) is 3.03. The van der Waals surface area contributed by atoms with Gasteiger partial charge in [-0.1, -0.05) is 48.5 Å². The Morgan fingerprint density at radius 1 is 0.882 bits per heavy atom. The van der Waals surface area contributed by atoms with Gasteiger partial charge in [-0.2, -0.15) is 0 Å². The van der Waals surface area contributed by atoms with Gasteiger partial charge < -0.3 is 4.79 Å². The lowest BCUT2D eigenvalue weighted by Crippen LogP contribution is -2.38. The Kier molecular flexibility index (Phi) is 4.72. The summed E-state index contributed by atoms with van der Waals surface area (Å²) >= 11 is 0. The summed E-state index contributed by atoms with van der Waals surface area (Å²) in [7, 11) is 0. The molecule has 0 aromatic carbocycles. The van der Waals surface area contributed by atoms with E-state index in [4.69, 9.17) is 0 Å². The Hall–Kier alpha value is -0.660. The Labute approximate surface area is 106 Å². The first kappa shape index (κ1) is 16.3. The molecular formula is C15H28O2. The SMILES string of the molecule is CC(=O)CC(C)(C)CC(C)(C)C(=O)C(C)(C)C. The minimum atomic E-state index is -0.378. The van der Waals surface area contributed by atoms with E-state index in [2.05, 4.69) is 13.8 Å². The summed E-state index contributed by atoms with van der Waals surface area (Å²) in [6.07, 6.45) is 1.28. The summed E-state index contributed by atoms with van der Waals surface area (Å²) in [4.78, 5) is 23.6. The summed E-state index contributed by atoms with van der Waals surface area (Å²) in [6.45, 7) is 15.6. The number of carbonyl (C=O) groups is 2. The van der Waals surface area contributed by atoms with Gasteiger partial charge >= 0.3 is 0 Å². The molecule has 0 rings (SSSR count). The lowest BCUT2D eigenvalue weighted by atomic mass is 9.66. The smallest absolute Gasteiger partial charge is 0.143 e. The molecule has 0 atom stereocenters. The van der Waals surface area contributed by atoms with E-state index in [1.807, 2.05) is 34.6 Å². The molecule has 2 nitrogen and oxygen atoms in total. The van der Waals surface area contributed by atoms with E-state index >= 15 is 0 Å². The van der Waals surface area contributed by atoms with E-state index in [1.165, 1.54) is 0 Å². The first-order valence-electron chi connectivity index (χ1n) is 6.32. The Balaban J connectivity index is 4.87. The normalized spacial score (nSPS) is 13.6. The predicted molar refractivity (Wildman–Crippen MR) is 71.9 cm³/mol. The van der Waals surface area contributed by atoms with Crippen LogP contribution in [0, 0.1) is 16.2 Å². The number of hydrogen-bond donors (Lipinski definition) is 0. The predicted octanol–water partition coefficient (Wildman–Crippen LogP) is 4.02. The van der Waals surface area contributed by atoms with Gasteiger partial charge in [0, 0.05) is 17.3 Å². The van der Waals surface area contributed by atoms with Gasteiger partial charge in [0.1, 0.15) is 11.6 Å². The van der Waals surface area contributed by atoms with Crippen molar-refractivity contribution in [2.45, 2.75) is 68.2 Å². The zero-order valence-corrected chi connectivity index (χ0v) is 12.7. The first-order valence-corrected chi connectivity index (χ1v) is 6.32. The largest absolute Gasteiger partial charge is 0.300 e. The molecule has 17 heavy (non-hydrogen) atoms. The Bertz CT molecular complexity index is 303. The lowest BCUT2D eigenvalue weighted by molar-refractivity contribution is -0.137. The van der Waals surface area contributed by atoms with Crippen LogP contribution in [0.1, 0.15) is 68.2 Å². The fraction of sp³-hybridized carbons (Fsp3) is 0.867. The minimum absolute atomic E-state index is 0.115. The van der Waals surface area contributed by atoms with Crippen LogP contribution in [0.3, 0.4) is 0 Å². The van der Waals surface area contributed by atoms with E-state index in [0.717, 1.165) is 6.42 Å². The first-order chi connectivity index (χ1) is 7.28. The molecule has 0 unspecified atom stereocenters. The van der Waals surface area contributed by atoms with E-state index < -0.39 is 0 Å². The standard InChI is InChI=1S/C15H28O2/c1-11(16)9-14(5,6)10-15(7,8)12(17)13(2,3)4/h9-10H2,1-8H3. The van der Waals surface area contributed by atoms with Crippen molar-refractivity contribution in [1.82, 2.24) is 0 Å². The van der Waals surface area contributed by atoms with Crippen molar-refractivity contribution in [3.8, 4) is 0 Å². The van der Waals surface area contributed by atoms with Crippen molar-refractivity contribution >= 4 is 11.6 Å². The third-order valence-corrected chi connectivity index (χ3v) is 2.94. The maximum atomic E-state index is 12.4. The molecule has 0 N–H and O–H groups in total. The summed E-state index contributed by atoms with van der Waals surface area (Å²) in [5, 5.41) is 0. The highest BCUT2D eigenvalue weighted by molar-refractivity contribution is 5.88. The van der Waals surface area contributed by atoms with Crippen molar-refractivity contribution in [2.24, 2.45) is 16.2 Å². The van der Waals surface area contributed by atoms with Gasteiger partial charge in [0.05, 0.1) is 0 Å². The van der Waals surface area contributed by atoms with E-state index in [0.29, 0.717) is 6.42 Å². The lowest BCUT2D eigenvalue weighted by Gasteiger charge is -2.37. The molecule has 0 heterocycles. The van der Waals surface area contributed by atoms with Crippen molar-refractivity contribution < 1.29 is 9.59 Å². The van der Waals surface area contributed by atoms with E-state index in [9.17, 15) is 9.59 Å². The molecule has 0 aliphatic heterocycles. The summed E-state index contributed by atoms with van der Waals surface area (Å²) in [5.74, 6) is 0.454. The summed E-state index contributed by atoms with van der Waals surface area (Å²) < 4.78 is 0. The van der Waals surface area contributed by atoms with Crippen LogP contribution >= 0.6 is 0 Å². The molecule has 0 saturated carbocycles. The number of hydrogen-bond acceptors (Lipinski definition) is 2. The van der Waals surface area contributed by atoms with Crippen LogP contribution in [-0.2, 0) is 9.59 Å². The average Bonchev–Trinajstić information content (AvgIpc) is 1.95. The third kappa shape index (κ3) is 5.47. The molecule has 0 fully saturated rings. The van der Waals surface area contributed by atoms with E-state index in [-0.39, 0.29) is 27.8 Å². The third-order valence-electron chi connectivity index (χ3n) is 2.94. The highest BCUT2D eigenvalue weighted by Crippen LogP contribution is 2.40. The monoisotopic (exact) mass is 240 g/mol. The molecule has 2 heteroatoms. The molecule has 0 saturated heterocycles. The van der Waals surface area contributed by atoms with Crippen LogP contribution in [-0.4, -0.2) is 11.6 Å². The average molecular weight is 240 g/mol. The van der Waals surface area contributed by atoms with Gasteiger partial charge in [-0.15, -0.1) is 0 Å². The Morgan fingerprint density at radius 2 is 1.29 bits per heavy atom. The zero-order chi connectivity index (χ0) is 14.1. The van der Waals surface area contributed by atoms with Gasteiger partial charge in [-0.25, -0.2) is 0 Å². The van der Waals surface area contributed by atoms with Crippen molar-refractivity contribution in [1.29, 1.82) is 0 Å². The topological polar surface area (TPSA) is 34.1 Å². The fourth-order valence-corrected chi connectivity index (χ4v) is 3.03. The number of rotatable bonds is 5. The van der Waals surface area contributed by atoms with Gasteiger partial charge in [-0.05, 0) is 18.8 Å². The van der Waals surface area contributed by atoms with Gasteiger partial charge in [0.2, 0.25) is 0 Å². The van der Waals surface area contributed by atoms with Crippen LogP contribution in [0.25, 0.3) is 0 Å². The zero-order valence-electron chi connectivity index (χ0n) is 12.7. The summed E-state index contributed by atoms with van der Waals surface area (Å²) in [6, 6.07) is 0. The van der Waals surface area contributed by atoms with Crippen LogP contribution in [0.4, 0.5) is 0 Å². The molecular weight excluding hydrogens is 212 g/mol. The van der Waals surface area contributed by atoms with Crippen LogP contribution in [0.15, 0.2) is 0 Å². The van der Waals surface area contributed by atoms with Crippen molar-refractivity contribution in [3.63, 3.8) is 0 Å². The number of carbonyl (C=O) groups excluding carboxylic acids is 2. The number of Topliss-reactive ketones (excluding diaryl/α,β-unsaturated/α-hetero) is 2. The number of ketones is 2. The van der Waals surface area contributed by atoms with E-state index in [1.54, 1.807) is 6.92 Å². The highest BCUT2D eigenvalue weighted by atomic mass is 16.1. The second-order valence-electron chi connectivity index (χ2n) is 7.68. The molecule has 0 aromatic rings. The quantitative estimate of drug-likeness (QED) is 0.727. The van der Waals surface area contributed by atoms with Gasteiger partial charge in [0.15, 0.2) is 0 Å². The van der Waals surface area contributed by atoms with Crippen molar-refractivity contribution in [2.75, 3.05) is 0 Å². The molecule has 0 aliphatic rings. The van der Waals surface area contributed by atoms with Crippen LogP contribution < -0.4 is 0 Å². The van der Waals surface area contributed by atoms with Gasteiger partial charge in [0.25, 0.3) is 0 Å². The minimum Gasteiger partial charge on any atom is -0.300 e. The molecule has 0 amide bonds. The van der Waals surface area contributed by atoms with Crippen LogP contribution in [0.5, 0.6) is 0 Å². The van der Waals surface area contributed by atoms with Crippen molar-refractivity contribution in [3.05, 3.63) is 0 Å². The Morgan fingerprint density at radius 3 is 1.59 bits per heavy atom. The maximum absolute atomic E-state index is 12.4. The molecule has 100 valence electrons.